The number of rotatable bonds is 13. The fourth-order valence-electron chi connectivity index (χ4n) is 6.05. The Labute approximate surface area is 304 Å². The van der Waals surface area contributed by atoms with Crippen LogP contribution >= 0.6 is 0 Å². The van der Waals surface area contributed by atoms with E-state index in [1.165, 1.54) is 0 Å². The van der Waals surface area contributed by atoms with Crippen molar-refractivity contribution in [2.75, 3.05) is 6.61 Å². The monoisotopic (exact) mass is 707 g/mol. The van der Waals surface area contributed by atoms with Gasteiger partial charge in [0.2, 0.25) is 6.10 Å². The third-order valence-electron chi connectivity index (χ3n) is 8.49. The molecule has 1 aliphatic rings. The van der Waals surface area contributed by atoms with Gasteiger partial charge in [-0.1, -0.05) is 123 Å². The van der Waals surface area contributed by atoms with Crippen molar-refractivity contribution in [2.45, 2.75) is 77.4 Å². The Hall–Kier alpha value is -5.64. The standard InChI is InChI=1S/C42H45NO9/c1-27(2)37(51-41(47)52-42(3,4)5)36(43-40(46)49-26-34-32-22-14-12-20-30(32)31-21-13-15-23-33(31)34)39(45)50-35(24-28-16-8-6-9-17-28)38(44)48-25-29-18-10-7-11-19-29/h6-23,27,34-37H,24-26H2,1-5H3,(H,43,46)/t35-,36+,37-/m1/s1. The molecule has 3 atom stereocenters. The highest BCUT2D eigenvalue weighted by atomic mass is 16.7. The highest BCUT2D eigenvalue weighted by molar-refractivity contribution is 5.86. The number of carbonyl (C=O) groups is 4. The van der Waals surface area contributed by atoms with Crippen molar-refractivity contribution >= 4 is 24.2 Å². The first-order valence-corrected chi connectivity index (χ1v) is 17.4. The van der Waals surface area contributed by atoms with Gasteiger partial charge in [-0.05, 0) is 60.1 Å². The second-order valence-electron chi connectivity index (χ2n) is 13.9. The number of amides is 1. The Kier molecular flexibility index (Phi) is 12.3. The normalized spacial score (nSPS) is 13.9. The summed E-state index contributed by atoms with van der Waals surface area (Å²) in [4.78, 5) is 54.0. The molecule has 52 heavy (non-hydrogen) atoms. The molecule has 5 rings (SSSR count). The number of carbonyl (C=O) groups excluding carboxylic acids is 4. The summed E-state index contributed by atoms with van der Waals surface area (Å²) in [5.41, 5.74) is 4.71. The minimum atomic E-state index is -1.58. The summed E-state index contributed by atoms with van der Waals surface area (Å²) >= 11 is 0. The van der Waals surface area contributed by atoms with Crippen LogP contribution in [0.2, 0.25) is 0 Å². The second-order valence-corrected chi connectivity index (χ2v) is 13.9. The lowest BCUT2D eigenvalue weighted by atomic mass is 9.98. The molecule has 0 saturated heterocycles. The molecule has 0 saturated carbocycles. The highest BCUT2D eigenvalue weighted by Gasteiger charge is 2.40. The molecular formula is C42H45NO9. The van der Waals surface area contributed by atoms with Gasteiger partial charge in [-0.15, -0.1) is 0 Å². The number of nitrogens with one attached hydrogen (secondary N) is 1. The Morgan fingerprint density at radius 1 is 0.673 bits per heavy atom. The molecule has 0 spiro atoms. The van der Waals surface area contributed by atoms with Gasteiger partial charge in [-0.2, -0.15) is 0 Å². The van der Waals surface area contributed by atoms with Crippen molar-refractivity contribution in [1.82, 2.24) is 5.32 Å². The van der Waals surface area contributed by atoms with Crippen molar-refractivity contribution < 1.29 is 42.9 Å². The zero-order chi connectivity index (χ0) is 37.3. The fraction of sp³-hybridized carbons (Fsp3) is 0.333. The second kappa shape index (κ2) is 17.0. The van der Waals surface area contributed by atoms with Gasteiger partial charge in [0.25, 0.3) is 0 Å². The maximum Gasteiger partial charge on any atom is 0.509 e. The lowest BCUT2D eigenvalue weighted by Crippen LogP contribution is -2.54. The maximum absolute atomic E-state index is 14.1. The van der Waals surface area contributed by atoms with E-state index in [1.807, 2.05) is 72.8 Å². The number of esters is 2. The van der Waals surface area contributed by atoms with Gasteiger partial charge < -0.3 is 29.0 Å². The van der Waals surface area contributed by atoms with Crippen molar-refractivity contribution in [1.29, 1.82) is 0 Å². The first-order chi connectivity index (χ1) is 24.9. The van der Waals surface area contributed by atoms with Crippen LogP contribution in [0.4, 0.5) is 9.59 Å². The summed E-state index contributed by atoms with van der Waals surface area (Å²) < 4.78 is 28.2. The average Bonchev–Trinajstić information content (AvgIpc) is 3.44. The summed E-state index contributed by atoms with van der Waals surface area (Å²) in [5.74, 6) is -2.56. The van der Waals surface area contributed by atoms with Gasteiger partial charge in [0.15, 0.2) is 6.04 Å². The van der Waals surface area contributed by atoms with Gasteiger partial charge in [0.1, 0.15) is 24.9 Å². The van der Waals surface area contributed by atoms with Gasteiger partial charge in [-0.25, -0.2) is 19.2 Å². The summed E-state index contributed by atoms with van der Waals surface area (Å²) in [6, 6.07) is 32.4. The Balaban J connectivity index is 1.37. The number of ether oxygens (including phenoxy) is 5. The van der Waals surface area contributed by atoms with Crippen LogP contribution in [0.15, 0.2) is 109 Å². The molecule has 4 aromatic rings. The molecule has 0 aliphatic heterocycles. The zero-order valence-corrected chi connectivity index (χ0v) is 30.1. The smallest absolute Gasteiger partial charge is 0.458 e. The third-order valence-corrected chi connectivity index (χ3v) is 8.49. The quantitative estimate of drug-likeness (QED) is 0.110. The molecular weight excluding hydrogens is 662 g/mol. The van der Waals surface area contributed by atoms with E-state index in [0.29, 0.717) is 5.56 Å². The van der Waals surface area contributed by atoms with Gasteiger partial charge in [-0.3, -0.25) is 0 Å². The Bertz CT molecular complexity index is 1790. The highest BCUT2D eigenvalue weighted by Crippen LogP contribution is 2.44. The first-order valence-electron chi connectivity index (χ1n) is 17.4. The SMILES string of the molecule is CC(C)[C@@H](OC(=O)OC(C)(C)C)[C@H](NC(=O)OCC1c2ccccc2-c2ccccc21)C(=O)O[C@H](Cc1ccccc1)C(=O)OCc1ccccc1. The number of alkyl carbamates (subject to hydrolysis) is 1. The molecule has 272 valence electrons. The van der Waals surface area contributed by atoms with Crippen molar-refractivity contribution in [2.24, 2.45) is 5.92 Å². The van der Waals surface area contributed by atoms with Crippen LogP contribution in [-0.4, -0.2) is 54.6 Å². The largest absolute Gasteiger partial charge is 0.509 e. The van der Waals surface area contributed by atoms with Gasteiger partial charge in [0, 0.05) is 12.3 Å². The van der Waals surface area contributed by atoms with E-state index in [4.69, 9.17) is 23.7 Å². The zero-order valence-electron chi connectivity index (χ0n) is 30.1. The fourth-order valence-corrected chi connectivity index (χ4v) is 6.05. The molecule has 0 radical (unpaired) electrons. The number of benzene rings is 4. The predicted molar refractivity (Wildman–Crippen MR) is 194 cm³/mol. The minimum Gasteiger partial charge on any atom is -0.458 e. The van der Waals surface area contributed by atoms with Crippen LogP contribution in [0, 0.1) is 5.92 Å². The maximum atomic E-state index is 14.1. The molecule has 1 aliphatic carbocycles. The molecule has 10 heteroatoms. The van der Waals surface area contributed by atoms with E-state index in [-0.39, 0.29) is 25.6 Å². The van der Waals surface area contributed by atoms with E-state index in [1.54, 1.807) is 71.0 Å². The molecule has 0 unspecified atom stereocenters. The molecule has 0 heterocycles. The van der Waals surface area contributed by atoms with Crippen LogP contribution in [-0.2, 0) is 46.3 Å². The average molecular weight is 708 g/mol. The molecule has 0 bridgehead atoms. The molecule has 0 aromatic heterocycles. The molecule has 10 nitrogen and oxygen atoms in total. The minimum absolute atomic E-state index is 0.00284. The van der Waals surface area contributed by atoms with Crippen LogP contribution < -0.4 is 5.32 Å². The Morgan fingerprint density at radius 2 is 1.21 bits per heavy atom. The summed E-state index contributed by atoms with van der Waals surface area (Å²) in [6.45, 7) is 8.38. The Morgan fingerprint density at radius 3 is 1.77 bits per heavy atom. The molecule has 1 N–H and O–H groups in total. The third kappa shape index (κ3) is 9.99. The predicted octanol–water partition coefficient (Wildman–Crippen LogP) is 7.77. The van der Waals surface area contributed by atoms with Gasteiger partial charge >= 0.3 is 24.2 Å². The van der Waals surface area contributed by atoms with E-state index in [0.717, 1.165) is 27.8 Å². The first kappa shape index (κ1) is 37.6. The van der Waals surface area contributed by atoms with E-state index >= 15 is 0 Å². The van der Waals surface area contributed by atoms with Crippen molar-refractivity contribution in [3.05, 3.63) is 131 Å². The van der Waals surface area contributed by atoms with E-state index in [2.05, 4.69) is 5.32 Å². The lowest BCUT2D eigenvalue weighted by Gasteiger charge is -2.31. The molecule has 0 fully saturated rings. The van der Waals surface area contributed by atoms with Crippen LogP contribution in [0.1, 0.15) is 62.8 Å². The van der Waals surface area contributed by atoms with Crippen LogP contribution in [0.3, 0.4) is 0 Å². The number of fused-ring (bicyclic) bond motifs is 3. The van der Waals surface area contributed by atoms with Gasteiger partial charge in [0.05, 0.1) is 0 Å². The summed E-state index contributed by atoms with van der Waals surface area (Å²) in [5, 5.41) is 2.58. The topological polar surface area (TPSA) is 126 Å². The number of hydrogen-bond acceptors (Lipinski definition) is 9. The van der Waals surface area contributed by atoms with E-state index in [9.17, 15) is 19.2 Å². The summed E-state index contributed by atoms with van der Waals surface area (Å²) in [7, 11) is 0. The molecule has 4 aromatic carbocycles. The molecule has 1 amide bonds. The summed E-state index contributed by atoms with van der Waals surface area (Å²) in [6.07, 6.45) is -4.63. The van der Waals surface area contributed by atoms with Crippen LogP contribution in [0.5, 0.6) is 0 Å². The van der Waals surface area contributed by atoms with Crippen molar-refractivity contribution in [3.8, 4) is 11.1 Å². The van der Waals surface area contributed by atoms with Crippen molar-refractivity contribution in [3.63, 3.8) is 0 Å². The lowest BCUT2D eigenvalue weighted by molar-refractivity contribution is -0.172. The van der Waals surface area contributed by atoms with Crippen LogP contribution in [0.25, 0.3) is 11.1 Å². The number of hydrogen-bond donors (Lipinski definition) is 1. The van der Waals surface area contributed by atoms with E-state index < -0.39 is 54.0 Å².